The number of benzene rings is 1. The molecule has 1 aromatic carbocycles. The predicted octanol–water partition coefficient (Wildman–Crippen LogP) is 2.36. The normalized spacial score (nSPS) is 12.9. The van der Waals surface area contributed by atoms with Gasteiger partial charge in [-0.05, 0) is 30.8 Å². The zero-order valence-corrected chi connectivity index (χ0v) is 13.4. The number of amides is 1. The average molecular weight is 340 g/mol. The molecular weight excluding hydrogens is 321 g/mol. The molecule has 2 N–H and O–H groups in total. The van der Waals surface area contributed by atoms with Crippen LogP contribution in [0.15, 0.2) is 36.5 Å². The first-order valence-corrected chi connectivity index (χ1v) is 7.45. The van der Waals surface area contributed by atoms with Crippen molar-refractivity contribution in [1.82, 2.24) is 20.4 Å². The van der Waals surface area contributed by atoms with Gasteiger partial charge in [-0.3, -0.25) is 4.79 Å². The van der Waals surface area contributed by atoms with Crippen LogP contribution in [-0.2, 0) is 17.5 Å². The molecule has 2 aromatic rings. The molecule has 0 aliphatic heterocycles. The standard InChI is InChI=1S/C16H19F3N4O/c1-11(9-20-2)15(24)21-10-12-3-5-13(6-4-12)23-8-7-14(22-23)16(17,18)19/h3-8,11,20H,9-10H2,1-2H3,(H,21,24). The van der Waals surface area contributed by atoms with Gasteiger partial charge in [-0.15, -0.1) is 0 Å². The maximum absolute atomic E-state index is 12.6. The van der Waals surface area contributed by atoms with Gasteiger partial charge in [0.1, 0.15) is 0 Å². The van der Waals surface area contributed by atoms with Crippen LogP contribution in [0.2, 0.25) is 0 Å². The average Bonchev–Trinajstić information content (AvgIpc) is 3.03. The van der Waals surface area contributed by atoms with E-state index in [1.165, 1.54) is 10.9 Å². The molecule has 1 atom stereocenters. The Bertz CT molecular complexity index is 679. The van der Waals surface area contributed by atoms with Crippen molar-refractivity contribution >= 4 is 5.91 Å². The number of nitrogens with one attached hydrogen (secondary N) is 2. The lowest BCUT2D eigenvalue weighted by atomic mass is 10.1. The van der Waals surface area contributed by atoms with Gasteiger partial charge in [0.05, 0.1) is 5.69 Å². The van der Waals surface area contributed by atoms with Crippen molar-refractivity contribution in [1.29, 1.82) is 0 Å². The first-order chi connectivity index (χ1) is 11.3. The fraction of sp³-hybridized carbons (Fsp3) is 0.375. The number of nitrogens with zero attached hydrogens (tertiary/aromatic N) is 2. The van der Waals surface area contributed by atoms with Crippen LogP contribution in [0.25, 0.3) is 5.69 Å². The molecule has 8 heteroatoms. The Morgan fingerprint density at radius 2 is 1.92 bits per heavy atom. The summed E-state index contributed by atoms with van der Waals surface area (Å²) in [5, 5.41) is 9.27. The van der Waals surface area contributed by atoms with E-state index >= 15 is 0 Å². The largest absolute Gasteiger partial charge is 0.435 e. The summed E-state index contributed by atoms with van der Waals surface area (Å²) in [4.78, 5) is 11.8. The summed E-state index contributed by atoms with van der Waals surface area (Å²) in [5.74, 6) is -0.200. The first-order valence-electron chi connectivity index (χ1n) is 7.45. The van der Waals surface area contributed by atoms with E-state index in [0.29, 0.717) is 18.8 Å². The monoisotopic (exact) mass is 340 g/mol. The van der Waals surface area contributed by atoms with Gasteiger partial charge in [0, 0.05) is 25.2 Å². The van der Waals surface area contributed by atoms with E-state index in [9.17, 15) is 18.0 Å². The van der Waals surface area contributed by atoms with E-state index in [2.05, 4.69) is 15.7 Å². The summed E-state index contributed by atoms with van der Waals surface area (Å²) >= 11 is 0. The van der Waals surface area contributed by atoms with Gasteiger partial charge in [0.15, 0.2) is 5.69 Å². The Morgan fingerprint density at radius 1 is 1.25 bits per heavy atom. The minimum Gasteiger partial charge on any atom is -0.352 e. The molecule has 0 aliphatic carbocycles. The second-order valence-electron chi connectivity index (χ2n) is 5.49. The lowest BCUT2D eigenvalue weighted by Crippen LogP contribution is -2.33. The minimum absolute atomic E-state index is 0.0599. The van der Waals surface area contributed by atoms with Crippen molar-refractivity contribution in [2.24, 2.45) is 5.92 Å². The summed E-state index contributed by atoms with van der Waals surface area (Å²) in [6, 6.07) is 7.73. The van der Waals surface area contributed by atoms with E-state index in [4.69, 9.17) is 0 Å². The molecule has 0 saturated heterocycles. The summed E-state index contributed by atoms with van der Waals surface area (Å²) in [5.41, 5.74) is 0.438. The SMILES string of the molecule is CNCC(C)C(=O)NCc1ccc(-n2ccc(C(F)(F)F)n2)cc1. The number of carbonyl (C=O) groups excluding carboxylic acids is 1. The third-order valence-electron chi connectivity index (χ3n) is 3.51. The number of alkyl halides is 3. The number of halogens is 3. The molecule has 1 amide bonds. The molecule has 0 fully saturated rings. The topological polar surface area (TPSA) is 59.0 Å². The van der Waals surface area contributed by atoms with Gasteiger partial charge >= 0.3 is 6.18 Å². The zero-order valence-electron chi connectivity index (χ0n) is 13.4. The van der Waals surface area contributed by atoms with Crippen LogP contribution in [0.1, 0.15) is 18.2 Å². The summed E-state index contributed by atoms with van der Waals surface area (Å²) in [6.07, 6.45) is -3.20. The Hall–Kier alpha value is -2.35. The van der Waals surface area contributed by atoms with Crippen LogP contribution >= 0.6 is 0 Å². The lowest BCUT2D eigenvalue weighted by molar-refractivity contribution is -0.141. The molecule has 24 heavy (non-hydrogen) atoms. The van der Waals surface area contributed by atoms with Crippen LogP contribution in [0.5, 0.6) is 0 Å². The molecule has 0 radical (unpaired) electrons. The first kappa shape index (κ1) is 18.0. The summed E-state index contributed by atoms with van der Waals surface area (Å²) < 4.78 is 38.8. The van der Waals surface area contributed by atoms with Gasteiger partial charge in [-0.2, -0.15) is 18.3 Å². The molecule has 0 saturated carbocycles. The maximum atomic E-state index is 12.6. The van der Waals surface area contributed by atoms with Crippen molar-refractivity contribution in [3.63, 3.8) is 0 Å². The quantitative estimate of drug-likeness (QED) is 0.849. The molecule has 1 aromatic heterocycles. The lowest BCUT2D eigenvalue weighted by Gasteiger charge is -2.12. The van der Waals surface area contributed by atoms with Crippen LogP contribution in [0, 0.1) is 5.92 Å². The molecule has 1 heterocycles. The van der Waals surface area contributed by atoms with Crippen molar-refractivity contribution < 1.29 is 18.0 Å². The molecule has 0 aliphatic rings. The second-order valence-corrected chi connectivity index (χ2v) is 5.49. The highest BCUT2D eigenvalue weighted by atomic mass is 19.4. The van der Waals surface area contributed by atoms with Crippen molar-refractivity contribution in [2.75, 3.05) is 13.6 Å². The Labute approximate surface area is 137 Å². The third kappa shape index (κ3) is 4.58. The minimum atomic E-state index is -4.46. The van der Waals surface area contributed by atoms with Crippen LogP contribution in [0.4, 0.5) is 13.2 Å². The Morgan fingerprint density at radius 3 is 2.46 bits per heavy atom. The highest BCUT2D eigenvalue weighted by Crippen LogP contribution is 2.27. The molecule has 2 rings (SSSR count). The fourth-order valence-electron chi connectivity index (χ4n) is 2.15. The van der Waals surface area contributed by atoms with Crippen molar-refractivity contribution in [3.8, 4) is 5.69 Å². The molecule has 0 spiro atoms. The fourth-order valence-corrected chi connectivity index (χ4v) is 2.15. The second kappa shape index (κ2) is 7.48. The smallest absolute Gasteiger partial charge is 0.352 e. The van der Waals surface area contributed by atoms with Gasteiger partial charge < -0.3 is 10.6 Å². The zero-order chi connectivity index (χ0) is 17.7. The molecule has 130 valence electrons. The number of hydrogen-bond acceptors (Lipinski definition) is 3. The number of carbonyl (C=O) groups is 1. The number of aromatic nitrogens is 2. The van der Waals surface area contributed by atoms with Gasteiger partial charge in [-0.1, -0.05) is 19.1 Å². The van der Waals surface area contributed by atoms with E-state index in [1.807, 2.05) is 6.92 Å². The number of rotatable bonds is 6. The highest BCUT2D eigenvalue weighted by Gasteiger charge is 2.33. The third-order valence-corrected chi connectivity index (χ3v) is 3.51. The van der Waals surface area contributed by atoms with Crippen LogP contribution in [-0.4, -0.2) is 29.3 Å². The van der Waals surface area contributed by atoms with E-state index in [1.54, 1.807) is 31.3 Å². The highest BCUT2D eigenvalue weighted by molar-refractivity contribution is 5.78. The molecule has 5 nitrogen and oxygen atoms in total. The summed E-state index contributed by atoms with van der Waals surface area (Å²) in [6.45, 7) is 2.77. The molecule has 1 unspecified atom stereocenters. The maximum Gasteiger partial charge on any atom is 0.435 e. The van der Waals surface area contributed by atoms with Gasteiger partial charge in [0.2, 0.25) is 5.91 Å². The Kier molecular flexibility index (Phi) is 5.61. The molecular formula is C16H19F3N4O. The van der Waals surface area contributed by atoms with Crippen molar-refractivity contribution in [3.05, 3.63) is 47.8 Å². The van der Waals surface area contributed by atoms with E-state index in [0.717, 1.165) is 11.6 Å². The van der Waals surface area contributed by atoms with Crippen LogP contribution < -0.4 is 10.6 Å². The molecule has 0 bridgehead atoms. The van der Waals surface area contributed by atoms with Crippen molar-refractivity contribution in [2.45, 2.75) is 19.6 Å². The number of hydrogen-bond donors (Lipinski definition) is 2. The Balaban J connectivity index is 1.98. The van der Waals surface area contributed by atoms with Gasteiger partial charge in [-0.25, -0.2) is 4.68 Å². The van der Waals surface area contributed by atoms with E-state index in [-0.39, 0.29) is 11.8 Å². The van der Waals surface area contributed by atoms with E-state index < -0.39 is 11.9 Å². The van der Waals surface area contributed by atoms with Crippen LogP contribution in [0.3, 0.4) is 0 Å². The van der Waals surface area contributed by atoms with Gasteiger partial charge in [0.25, 0.3) is 0 Å². The predicted molar refractivity (Wildman–Crippen MR) is 83.5 cm³/mol. The summed E-state index contributed by atoms with van der Waals surface area (Å²) in [7, 11) is 1.78.